The van der Waals surface area contributed by atoms with E-state index in [0.29, 0.717) is 13.2 Å². The van der Waals surface area contributed by atoms with Crippen molar-refractivity contribution >= 4 is 23.2 Å². The van der Waals surface area contributed by atoms with E-state index in [2.05, 4.69) is 97.9 Å². The fourth-order valence-electron chi connectivity index (χ4n) is 4.22. The van der Waals surface area contributed by atoms with Crippen LogP contribution in [0, 0.1) is 0 Å². The third-order valence-electron chi connectivity index (χ3n) is 5.61. The molecule has 152 valence electrons. The Bertz CT molecular complexity index is 768. The lowest BCUT2D eigenvalue weighted by molar-refractivity contribution is -0.146. The van der Waals surface area contributed by atoms with Gasteiger partial charge in [0.2, 0.25) is 0 Å². The third kappa shape index (κ3) is 4.81. The van der Waals surface area contributed by atoms with E-state index in [-0.39, 0.29) is 17.0 Å². The molecule has 0 aromatic heterocycles. The van der Waals surface area contributed by atoms with Gasteiger partial charge in [0, 0.05) is 6.42 Å². The number of hydrogen-bond donors (Lipinski definition) is 0. The summed E-state index contributed by atoms with van der Waals surface area (Å²) in [6.45, 7) is 3.48. The summed E-state index contributed by atoms with van der Waals surface area (Å²) in [6, 6.07) is 33.1. The van der Waals surface area contributed by atoms with Crippen molar-refractivity contribution in [3.63, 3.8) is 0 Å². The molecular weight excluding hydrogens is 443 g/mol. The van der Waals surface area contributed by atoms with Gasteiger partial charge in [-0.2, -0.15) is 0 Å². The lowest BCUT2D eigenvalue weighted by Crippen LogP contribution is -3.00. The maximum absolute atomic E-state index is 5.86. The van der Waals surface area contributed by atoms with Crippen molar-refractivity contribution in [1.82, 2.24) is 0 Å². The smallest absolute Gasteiger partial charge is 0.165 e. The van der Waals surface area contributed by atoms with Gasteiger partial charge in [-0.3, -0.25) is 0 Å². The molecule has 29 heavy (non-hydrogen) atoms. The lowest BCUT2D eigenvalue weighted by atomic mass is 10.2. The average molecular weight is 471 g/mol. The summed E-state index contributed by atoms with van der Waals surface area (Å²) >= 11 is 0. The highest BCUT2D eigenvalue weighted by atomic mass is 79.9. The monoisotopic (exact) mass is 470 g/mol. The van der Waals surface area contributed by atoms with E-state index in [0.717, 1.165) is 19.0 Å². The van der Waals surface area contributed by atoms with Gasteiger partial charge in [0.15, 0.2) is 5.79 Å². The zero-order valence-electron chi connectivity index (χ0n) is 16.8. The second kappa shape index (κ2) is 10.00. The summed E-state index contributed by atoms with van der Waals surface area (Å²) in [7, 11) is -1.75. The Balaban J connectivity index is 0.00000240. The average Bonchev–Trinajstić information content (AvgIpc) is 3.20. The number of ether oxygens (including phenoxy) is 2. The van der Waals surface area contributed by atoms with Crippen LogP contribution in [0.3, 0.4) is 0 Å². The first kappa shape index (κ1) is 22.2. The number of halogens is 1. The van der Waals surface area contributed by atoms with Crippen LogP contribution >= 0.6 is 7.26 Å². The first-order chi connectivity index (χ1) is 13.7. The highest BCUT2D eigenvalue weighted by molar-refractivity contribution is 7.95. The second-order valence-corrected chi connectivity index (χ2v) is 11.1. The van der Waals surface area contributed by atoms with Crippen molar-refractivity contribution in [2.75, 3.05) is 19.4 Å². The minimum Gasteiger partial charge on any atom is -1.00 e. The van der Waals surface area contributed by atoms with Crippen LogP contribution in [0.4, 0.5) is 0 Å². The zero-order valence-corrected chi connectivity index (χ0v) is 19.3. The molecule has 1 fully saturated rings. The largest absolute Gasteiger partial charge is 1.00 e. The molecule has 0 spiro atoms. The van der Waals surface area contributed by atoms with Crippen molar-refractivity contribution < 1.29 is 26.5 Å². The van der Waals surface area contributed by atoms with E-state index in [1.54, 1.807) is 0 Å². The predicted octanol–water partition coefficient (Wildman–Crippen LogP) is 1.53. The minimum absolute atomic E-state index is 0. The van der Waals surface area contributed by atoms with Crippen LogP contribution in [0.2, 0.25) is 0 Å². The highest BCUT2D eigenvalue weighted by Gasteiger charge is 2.45. The van der Waals surface area contributed by atoms with Gasteiger partial charge in [-0.05, 0) is 49.7 Å². The van der Waals surface area contributed by atoms with E-state index in [4.69, 9.17) is 9.47 Å². The van der Waals surface area contributed by atoms with Crippen LogP contribution in [0.25, 0.3) is 0 Å². The molecule has 0 unspecified atom stereocenters. The Labute approximate surface area is 185 Å². The normalized spacial score (nSPS) is 15.6. The molecule has 3 aromatic carbocycles. The zero-order chi connectivity index (χ0) is 19.3. The van der Waals surface area contributed by atoms with E-state index in [9.17, 15) is 0 Å². The van der Waals surface area contributed by atoms with Gasteiger partial charge in [-0.25, -0.2) is 0 Å². The van der Waals surface area contributed by atoms with Crippen molar-refractivity contribution in [2.45, 2.75) is 25.6 Å². The van der Waals surface area contributed by atoms with Crippen LogP contribution in [0.1, 0.15) is 19.8 Å². The molecule has 0 atom stereocenters. The summed E-state index contributed by atoms with van der Waals surface area (Å²) < 4.78 is 11.7. The molecule has 3 aromatic rings. The van der Waals surface area contributed by atoms with Crippen molar-refractivity contribution in [3.8, 4) is 0 Å². The van der Waals surface area contributed by atoms with Gasteiger partial charge in [0.25, 0.3) is 0 Å². The molecular formula is C25H28BrO2P. The van der Waals surface area contributed by atoms with Crippen LogP contribution in [0.5, 0.6) is 0 Å². The van der Waals surface area contributed by atoms with Crippen LogP contribution in [0.15, 0.2) is 91.0 Å². The molecule has 1 heterocycles. The fourth-order valence-corrected chi connectivity index (χ4v) is 8.57. The first-order valence-corrected chi connectivity index (χ1v) is 12.0. The Morgan fingerprint density at radius 2 is 1.07 bits per heavy atom. The summed E-state index contributed by atoms with van der Waals surface area (Å²) in [5.41, 5.74) is 0. The molecule has 2 nitrogen and oxygen atoms in total. The Hall–Kier alpha value is -1.51. The van der Waals surface area contributed by atoms with Crippen LogP contribution in [-0.4, -0.2) is 25.2 Å². The Morgan fingerprint density at radius 3 is 1.45 bits per heavy atom. The number of benzene rings is 3. The van der Waals surface area contributed by atoms with Gasteiger partial charge in [0.05, 0.1) is 19.4 Å². The molecule has 0 amide bonds. The first-order valence-electron chi connectivity index (χ1n) is 10.1. The maximum atomic E-state index is 5.86. The molecule has 4 heteroatoms. The summed E-state index contributed by atoms with van der Waals surface area (Å²) in [5, 5.41) is 4.31. The summed E-state index contributed by atoms with van der Waals surface area (Å²) in [5.74, 6) is -0.431. The summed E-state index contributed by atoms with van der Waals surface area (Å²) in [4.78, 5) is 0. The number of hydrogen-bond acceptors (Lipinski definition) is 2. The minimum atomic E-state index is -1.75. The van der Waals surface area contributed by atoms with E-state index in [1.807, 2.05) is 0 Å². The van der Waals surface area contributed by atoms with Crippen molar-refractivity contribution in [2.24, 2.45) is 0 Å². The summed E-state index contributed by atoms with van der Waals surface area (Å²) in [6.07, 6.45) is 3.08. The molecule has 0 bridgehead atoms. The van der Waals surface area contributed by atoms with Gasteiger partial charge in [-0.15, -0.1) is 0 Å². The van der Waals surface area contributed by atoms with E-state index >= 15 is 0 Å². The Morgan fingerprint density at radius 1 is 0.690 bits per heavy atom. The van der Waals surface area contributed by atoms with E-state index in [1.165, 1.54) is 15.9 Å². The molecule has 1 aliphatic rings. The molecule has 0 saturated carbocycles. The molecule has 0 N–H and O–H groups in total. The topological polar surface area (TPSA) is 18.5 Å². The molecule has 1 aliphatic heterocycles. The fraction of sp³-hybridized carbons (Fsp3) is 0.280. The SMILES string of the molecule is CC1(CCC[P+](c2ccccc2)(c2ccccc2)c2ccccc2)OCCO1.[Br-]. The van der Waals surface area contributed by atoms with Crippen LogP contribution in [-0.2, 0) is 9.47 Å². The van der Waals surface area contributed by atoms with Gasteiger partial charge in [0.1, 0.15) is 23.2 Å². The molecule has 0 radical (unpaired) electrons. The van der Waals surface area contributed by atoms with E-state index < -0.39 is 13.0 Å². The molecule has 1 saturated heterocycles. The van der Waals surface area contributed by atoms with Crippen LogP contribution < -0.4 is 32.9 Å². The quantitative estimate of drug-likeness (QED) is 0.487. The third-order valence-corrected chi connectivity index (χ3v) is 10.1. The molecule has 4 rings (SSSR count). The standard InChI is InChI=1S/C25H28O2P.BrH/c1-25(26-19-20-27-25)18-11-21-28(22-12-5-2-6-13-22,23-14-7-3-8-15-23)24-16-9-4-10-17-24;/h2-10,12-17H,11,18-21H2,1H3;1H/q+1;/p-1. The number of rotatable bonds is 7. The highest BCUT2D eigenvalue weighted by Crippen LogP contribution is 2.56. The Kier molecular flexibility index (Phi) is 7.65. The van der Waals surface area contributed by atoms with Gasteiger partial charge >= 0.3 is 0 Å². The second-order valence-electron chi connectivity index (χ2n) is 7.47. The van der Waals surface area contributed by atoms with Crippen molar-refractivity contribution in [3.05, 3.63) is 91.0 Å². The predicted molar refractivity (Wildman–Crippen MR) is 120 cm³/mol. The molecule has 0 aliphatic carbocycles. The maximum Gasteiger partial charge on any atom is 0.165 e. The van der Waals surface area contributed by atoms with Crippen molar-refractivity contribution in [1.29, 1.82) is 0 Å². The van der Waals surface area contributed by atoms with Gasteiger partial charge in [-0.1, -0.05) is 54.6 Å². The lowest BCUT2D eigenvalue weighted by Gasteiger charge is -2.29. The van der Waals surface area contributed by atoms with Gasteiger partial charge < -0.3 is 26.5 Å².